The normalized spacial score (nSPS) is 21.2. The van der Waals surface area contributed by atoms with Gasteiger partial charge in [-0.05, 0) is 24.7 Å². The molecule has 1 fully saturated rings. The molecule has 0 bridgehead atoms. The fourth-order valence-electron chi connectivity index (χ4n) is 3.45. The van der Waals surface area contributed by atoms with Gasteiger partial charge in [-0.15, -0.1) is 24.0 Å². The van der Waals surface area contributed by atoms with E-state index in [1.54, 1.807) is 0 Å². The molecule has 0 aromatic carbocycles. The molecule has 1 aromatic rings. The third-order valence-corrected chi connectivity index (χ3v) is 5.08. The lowest BCUT2D eigenvalue weighted by Gasteiger charge is -2.29. The fraction of sp³-hybridized carbons (Fsp3) is 0.778. The van der Waals surface area contributed by atoms with Gasteiger partial charge in [0.1, 0.15) is 5.76 Å². The van der Waals surface area contributed by atoms with E-state index in [4.69, 9.17) is 4.52 Å². The molecule has 5 nitrogen and oxygen atoms in total. The Bertz CT molecular complexity index is 494. The Hall–Kier alpha value is -0.790. The summed E-state index contributed by atoms with van der Waals surface area (Å²) in [5.41, 5.74) is 2.23. The zero-order chi connectivity index (χ0) is 16.7. The van der Waals surface area contributed by atoms with Crippen molar-refractivity contribution in [1.82, 2.24) is 15.8 Å². The van der Waals surface area contributed by atoms with E-state index in [0.717, 1.165) is 55.2 Å². The maximum absolute atomic E-state index is 5.42. The minimum Gasteiger partial charge on any atom is -0.361 e. The van der Waals surface area contributed by atoms with Crippen LogP contribution in [0.3, 0.4) is 0 Å². The van der Waals surface area contributed by atoms with Crippen molar-refractivity contribution in [2.75, 3.05) is 13.6 Å². The molecule has 1 aliphatic carbocycles. The first-order chi connectivity index (χ1) is 11.2. The number of nitrogens with one attached hydrogen (secondary N) is 2. The van der Waals surface area contributed by atoms with Crippen LogP contribution in [-0.4, -0.2) is 24.7 Å². The van der Waals surface area contributed by atoms with Crippen LogP contribution in [0.15, 0.2) is 9.52 Å². The third-order valence-electron chi connectivity index (χ3n) is 5.08. The van der Waals surface area contributed by atoms with E-state index in [9.17, 15) is 0 Å². The number of aliphatic imine (C=N–C) groups is 1. The smallest absolute Gasteiger partial charge is 0.191 e. The number of rotatable bonds is 6. The highest BCUT2D eigenvalue weighted by Gasteiger charge is 2.21. The van der Waals surface area contributed by atoms with Crippen molar-refractivity contribution in [1.29, 1.82) is 0 Å². The quantitative estimate of drug-likeness (QED) is 0.394. The Balaban J connectivity index is 0.00000288. The minimum atomic E-state index is 0. The molecule has 1 aromatic heterocycles. The second kappa shape index (κ2) is 10.9. The summed E-state index contributed by atoms with van der Waals surface area (Å²) in [5.74, 6) is 3.42. The number of aryl methyl sites for hydroxylation is 2. The molecule has 24 heavy (non-hydrogen) atoms. The molecule has 0 amide bonds. The Morgan fingerprint density at radius 3 is 2.58 bits per heavy atom. The molecule has 2 atom stereocenters. The lowest BCUT2D eigenvalue weighted by atomic mass is 9.80. The lowest BCUT2D eigenvalue weighted by molar-refractivity contribution is 0.256. The van der Waals surface area contributed by atoms with Crippen molar-refractivity contribution < 1.29 is 4.52 Å². The summed E-state index contributed by atoms with van der Waals surface area (Å²) >= 11 is 0. The zero-order valence-electron chi connectivity index (χ0n) is 15.5. The van der Waals surface area contributed by atoms with E-state index in [1.165, 1.54) is 31.2 Å². The Morgan fingerprint density at radius 1 is 1.21 bits per heavy atom. The van der Waals surface area contributed by atoms with Gasteiger partial charge in [0.15, 0.2) is 5.96 Å². The predicted molar refractivity (Wildman–Crippen MR) is 110 cm³/mol. The molecule has 0 spiro atoms. The molecule has 2 N–H and O–H groups in total. The maximum atomic E-state index is 5.42. The summed E-state index contributed by atoms with van der Waals surface area (Å²) in [7, 11) is 1.83. The second-order valence-electron chi connectivity index (χ2n) is 6.57. The van der Waals surface area contributed by atoms with Gasteiger partial charge in [-0.3, -0.25) is 4.99 Å². The number of aromatic nitrogens is 1. The zero-order valence-corrected chi connectivity index (χ0v) is 17.9. The Kier molecular flexibility index (Phi) is 9.69. The van der Waals surface area contributed by atoms with E-state index in [2.05, 4.69) is 41.6 Å². The van der Waals surface area contributed by atoms with Crippen LogP contribution in [0.1, 0.15) is 63.5 Å². The van der Waals surface area contributed by atoms with Gasteiger partial charge in [0.2, 0.25) is 0 Å². The molecule has 0 radical (unpaired) electrons. The van der Waals surface area contributed by atoms with Crippen molar-refractivity contribution >= 4 is 29.9 Å². The molecular formula is C18H33IN4O. The Labute approximate surface area is 163 Å². The van der Waals surface area contributed by atoms with E-state index in [0.29, 0.717) is 0 Å². The van der Waals surface area contributed by atoms with Crippen LogP contribution in [-0.2, 0) is 19.4 Å². The van der Waals surface area contributed by atoms with Crippen molar-refractivity contribution in [3.05, 3.63) is 17.0 Å². The van der Waals surface area contributed by atoms with Gasteiger partial charge in [-0.25, -0.2) is 0 Å². The SMILES string of the molecule is CCc1noc(CC)c1CNC(=NC)NCC1CCCCC1C.I. The van der Waals surface area contributed by atoms with Crippen LogP contribution in [0.25, 0.3) is 0 Å². The topological polar surface area (TPSA) is 62.5 Å². The predicted octanol–water partition coefficient (Wildman–Crippen LogP) is 3.91. The minimum absolute atomic E-state index is 0. The van der Waals surface area contributed by atoms with Crippen LogP contribution in [0.5, 0.6) is 0 Å². The summed E-state index contributed by atoms with van der Waals surface area (Å²) in [5, 5.41) is 11.1. The highest BCUT2D eigenvalue weighted by atomic mass is 127. The maximum Gasteiger partial charge on any atom is 0.191 e. The molecule has 1 saturated carbocycles. The van der Waals surface area contributed by atoms with Gasteiger partial charge in [0.25, 0.3) is 0 Å². The van der Waals surface area contributed by atoms with Gasteiger partial charge >= 0.3 is 0 Å². The first-order valence-electron chi connectivity index (χ1n) is 9.10. The van der Waals surface area contributed by atoms with Crippen LogP contribution in [0, 0.1) is 11.8 Å². The molecule has 138 valence electrons. The molecule has 2 unspecified atom stereocenters. The van der Waals surface area contributed by atoms with Crippen molar-refractivity contribution in [3.63, 3.8) is 0 Å². The highest BCUT2D eigenvalue weighted by Crippen LogP contribution is 2.28. The standard InChI is InChI=1S/C18H32N4O.HI/c1-5-16-15(17(6-2)23-22-16)12-21-18(19-4)20-11-14-10-8-7-9-13(14)3;/h13-14H,5-12H2,1-4H3,(H2,19,20,21);1H. The summed E-state index contributed by atoms with van der Waals surface area (Å²) in [6.45, 7) is 8.31. The van der Waals surface area contributed by atoms with Gasteiger partial charge in [0.05, 0.1) is 5.69 Å². The molecule has 1 aliphatic rings. The van der Waals surface area contributed by atoms with Gasteiger partial charge in [-0.1, -0.05) is 45.2 Å². The van der Waals surface area contributed by atoms with Crippen LogP contribution in [0.2, 0.25) is 0 Å². The second-order valence-corrected chi connectivity index (χ2v) is 6.57. The van der Waals surface area contributed by atoms with E-state index >= 15 is 0 Å². The largest absolute Gasteiger partial charge is 0.361 e. The molecular weight excluding hydrogens is 415 g/mol. The lowest BCUT2D eigenvalue weighted by Crippen LogP contribution is -2.41. The first-order valence-corrected chi connectivity index (χ1v) is 9.10. The van der Waals surface area contributed by atoms with Crippen LogP contribution < -0.4 is 10.6 Å². The van der Waals surface area contributed by atoms with Crippen molar-refractivity contribution in [3.8, 4) is 0 Å². The van der Waals surface area contributed by atoms with Crippen molar-refractivity contribution in [2.45, 2.75) is 65.8 Å². The van der Waals surface area contributed by atoms with Gasteiger partial charge < -0.3 is 15.2 Å². The van der Waals surface area contributed by atoms with Gasteiger partial charge in [0, 0.05) is 32.1 Å². The number of hydrogen-bond donors (Lipinski definition) is 2. The number of nitrogens with zero attached hydrogens (tertiary/aromatic N) is 2. The Morgan fingerprint density at radius 2 is 1.96 bits per heavy atom. The summed E-state index contributed by atoms with van der Waals surface area (Å²) < 4.78 is 5.42. The number of guanidine groups is 1. The highest BCUT2D eigenvalue weighted by molar-refractivity contribution is 14.0. The molecule has 1 heterocycles. The molecule has 0 saturated heterocycles. The van der Waals surface area contributed by atoms with Crippen molar-refractivity contribution in [2.24, 2.45) is 16.8 Å². The van der Waals surface area contributed by atoms with Crippen LogP contribution >= 0.6 is 24.0 Å². The fourth-order valence-corrected chi connectivity index (χ4v) is 3.45. The molecule has 0 aliphatic heterocycles. The van der Waals surface area contributed by atoms with Gasteiger partial charge in [-0.2, -0.15) is 0 Å². The number of hydrogen-bond acceptors (Lipinski definition) is 3. The molecule has 6 heteroatoms. The average Bonchev–Trinajstić information content (AvgIpc) is 2.98. The van der Waals surface area contributed by atoms with E-state index < -0.39 is 0 Å². The first kappa shape index (κ1) is 21.3. The number of halogens is 1. The third kappa shape index (κ3) is 5.63. The molecule has 2 rings (SSSR count). The monoisotopic (exact) mass is 448 g/mol. The summed E-state index contributed by atoms with van der Waals surface area (Å²) in [6, 6.07) is 0. The summed E-state index contributed by atoms with van der Waals surface area (Å²) in [4.78, 5) is 4.35. The summed E-state index contributed by atoms with van der Waals surface area (Å²) in [6.07, 6.45) is 7.21. The van der Waals surface area contributed by atoms with E-state index in [1.807, 2.05) is 7.05 Å². The van der Waals surface area contributed by atoms with Crippen LogP contribution in [0.4, 0.5) is 0 Å². The average molecular weight is 448 g/mol. The van der Waals surface area contributed by atoms with E-state index in [-0.39, 0.29) is 24.0 Å².